The predicted molar refractivity (Wildman–Crippen MR) is 105 cm³/mol. The summed E-state index contributed by atoms with van der Waals surface area (Å²) < 4.78 is 0. The lowest BCUT2D eigenvalue weighted by Gasteiger charge is -2.36. The summed E-state index contributed by atoms with van der Waals surface area (Å²) in [4.78, 5) is 29.3. The van der Waals surface area contributed by atoms with Gasteiger partial charge in [0.25, 0.3) is 0 Å². The van der Waals surface area contributed by atoms with E-state index < -0.39 is 0 Å². The second-order valence-electron chi connectivity index (χ2n) is 7.30. The summed E-state index contributed by atoms with van der Waals surface area (Å²) in [5, 5.41) is 2.96. The number of nitrogens with zero attached hydrogens (tertiary/aromatic N) is 2. The van der Waals surface area contributed by atoms with Gasteiger partial charge in [0.2, 0.25) is 11.8 Å². The third-order valence-electron chi connectivity index (χ3n) is 5.47. The fourth-order valence-corrected chi connectivity index (χ4v) is 3.73. The summed E-state index contributed by atoms with van der Waals surface area (Å²) in [6.07, 6.45) is 0.679. The molecule has 2 unspecified atom stereocenters. The van der Waals surface area contributed by atoms with Crippen molar-refractivity contribution >= 4 is 17.5 Å². The second kappa shape index (κ2) is 7.82. The van der Waals surface area contributed by atoms with E-state index in [0.29, 0.717) is 13.0 Å². The largest absolute Gasteiger partial charge is 0.368 e. The van der Waals surface area contributed by atoms with Crippen molar-refractivity contribution in [3.05, 3.63) is 66.2 Å². The maximum atomic E-state index is 12.7. The first kappa shape index (κ1) is 17.6. The van der Waals surface area contributed by atoms with Crippen molar-refractivity contribution in [1.29, 1.82) is 0 Å². The Morgan fingerprint density at radius 1 is 0.852 bits per heavy atom. The van der Waals surface area contributed by atoms with Crippen molar-refractivity contribution in [2.24, 2.45) is 11.8 Å². The van der Waals surface area contributed by atoms with Crippen molar-refractivity contribution in [3.8, 4) is 0 Å². The minimum atomic E-state index is -0.159. The van der Waals surface area contributed by atoms with Gasteiger partial charge in [-0.3, -0.25) is 9.59 Å². The lowest BCUT2D eigenvalue weighted by Crippen LogP contribution is -2.49. The number of benzene rings is 2. The van der Waals surface area contributed by atoms with Crippen LogP contribution in [0.1, 0.15) is 12.0 Å². The second-order valence-corrected chi connectivity index (χ2v) is 7.30. The van der Waals surface area contributed by atoms with Crippen LogP contribution in [0.15, 0.2) is 60.7 Å². The minimum absolute atomic E-state index is 0.000115. The Labute approximate surface area is 160 Å². The molecule has 0 radical (unpaired) electrons. The first-order chi connectivity index (χ1) is 13.2. The Morgan fingerprint density at radius 3 is 2.15 bits per heavy atom. The van der Waals surface area contributed by atoms with Crippen LogP contribution in [0.3, 0.4) is 0 Å². The van der Waals surface area contributed by atoms with Gasteiger partial charge in [0.1, 0.15) is 0 Å². The van der Waals surface area contributed by atoms with Crippen molar-refractivity contribution in [2.45, 2.75) is 13.0 Å². The minimum Gasteiger partial charge on any atom is -0.368 e. The van der Waals surface area contributed by atoms with Crippen LogP contribution >= 0.6 is 0 Å². The van der Waals surface area contributed by atoms with Gasteiger partial charge in [-0.2, -0.15) is 0 Å². The van der Waals surface area contributed by atoms with E-state index in [1.54, 1.807) is 0 Å². The number of amides is 2. The molecular weight excluding hydrogens is 338 g/mol. The summed E-state index contributed by atoms with van der Waals surface area (Å²) in [6.45, 7) is 3.65. The smallest absolute Gasteiger partial charge is 0.226 e. The molecule has 2 amide bonds. The zero-order chi connectivity index (χ0) is 18.6. The van der Waals surface area contributed by atoms with Gasteiger partial charge in [0.05, 0.1) is 11.8 Å². The molecule has 140 valence electrons. The highest BCUT2D eigenvalue weighted by Gasteiger charge is 2.49. The van der Waals surface area contributed by atoms with E-state index in [2.05, 4.69) is 22.3 Å². The molecule has 2 atom stereocenters. The summed E-state index contributed by atoms with van der Waals surface area (Å²) in [5.74, 6) is -0.153. The topological polar surface area (TPSA) is 52.7 Å². The molecule has 27 heavy (non-hydrogen) atoms. The van der Waals surface area contributed by atoms with Crippen molar-refractivity contribution in [2.75, 3.05) is 31.1 Å². The molecule has 2 aromatic rings. The molecule has 2 aliphatic rings. The van der Waals surface area contributed by atoms with E-state index in [1.807, 2.05) is 53.4 Å². The van der Waals surface area contributed by atoms with Crippen LogP contribution in [0, 0.1) is 11.8 Å². The number of piperazine rings is 1. The number of carbonyl (C=O) groups is 2. The Balaban J connectivity index is 1.24. The zero-order valence-corrected chi connectivity index (χ0v) is 15.4. The Kier molecular flexibility index (Phi) is 5.10. The van der Waals surface area contributed by atoms with E-state index in [-0.39, 0.29) is 23.7 Å². The van der Waals surface area contributed by atoms with Gasteiger partial charge in [-0.1, -0.05) is 48.5 Å². The van der Waals surface area contributed by atoms with E-state index in [0.717, 1.165) is 31.7 Å². The molecule has 5 nitrogen and oxygen atoms in total. The van der Waals surface area contributed by atoms with Crippen LogP contribution in [-0.2, 0) is 16.1 Å². The highest BCUT2D eigenvalue weighted by Crippen LogP contribution is 2.40. The van der Waals surface area contributed by atoms with Gasteiger partial charge >= 0.3 is 0 Å². The molecule has 1 heterocycles. The molecule has 1 N–H and O–H groups in total. The number of nitrogens with one attached hydrogen (secondary N) is 1. The first-order valence-electron chi connectivity index (χ1n) is 9.63. The summed E-state index contributed by atoms with van der Waals surface area (Å²) in [6, 6.07) is 20.1. The number of rotatable bonds is 5. The summed E-state index contributed by atoms with van der Waals surface area (Å²) in [5.41, 5.74) is 2.28. The fourth-order valence-electron chi connectivity index (χ4n) is 3.73. The molecule has 0 aromatic heterocycles. The third-order valence-corrected chi connectivity index (χ3v) is 5.47. The molecule has 0 spiro atoms. The van der Waals surface area contributed by atoms with Gasteiger partial charge < -0.3 is 15.1 Å². The number of carbonyl (C=O) groups excluding carboxylic acids is 2. The van der Waals surface area contributed by atoms with E-state index in [4.69, 9.17) is 0 Å². The van der Waals surface area contributed by atoms with Gasteiger partial charge in [0, 0.05) is 38.4 Å². The lowest BCUT2D eigenvalue weighted by molar-refractivity contribution is -0.135. The van der Waals surface area contributed by atoms with Crippen LogP contribution in [0.5, 0.6) is 0 Å². The molecule has 5 heteroatoms. The SMILES string of the molecule is O=C(NCc1ccccc1)C1CC1C(=O)N1CCN(c2ccccc2)CC1. The normalized spacial score (nSPS) is 21.6. The van der Waals surface area contributed by atoms with Crippen molar-refractivity contribution in [3.63, 3.8) is 0 Å². The standard InChI is InChI=1S/C22H25N3O2/c26-21(23-16-17-7-3-1-4-8-17)19-15-20(19)22(27)25-13-11-24(12-14-25)18-9-5-2-6-10-18/h1-10,19-20H,11-16H2,(H,23,26). The summed E-state index contributed by atoms with van der Waals surface area (Å²) in [7, 11) is 0. The zero-order valence-electron chi connectivity index (χ0n) is 15.4. The van der Waals surface area contributed by atoms with Crippen LogP contribution in [0.25, 0.3) is 0 Å². The van der Waals surface area contributed by atoms with Crippen molar-refractivity contribution in [1.82, 2.24) is 10.2 Å². The van der Waals surface area contributed by atoms with E-state index in [9.17, 15) is 9.59 Å². The molecule has 2 aromatic carbocycles. The fraction of sp³-hybridized carbons (Fsp3) is 0.364. The Morgan fingerprint density at radius 2 is 1.48 bits per heavy atom. The molecule has 1 aliphatic carbocycles. The average molecular weight is 363 g/mol. The van der Waals surface area contributed by atoms with Crippen molar-refractivity contribution < 1.29 is 9.59 Å². The number of hydrogen-bond acceptors (Lipinski definition) is 3. The Bertz CT molecular complexity index is 786. The van der Waals surface area contributed by atoms with Gasteiger partial charge in [0.15, 0.2) is 0 Å². The van der Waals surface area contributed by atoms with Gasteiger partial charge in [-0.25, -0.2) is 0 Å². The molecule has 2 fully saturated rings. The number of para-hydroxylation sites is 1. The van der Waals surface area contributed by atoms with E-state index >= 15 is 0 Å². The van der Waals surface area contributed by atoms with Crippen LogP contribution in [0.2, 0.25) is 0 Å². The molecular formula is C22H25N3O2. The maximum absolute atomic E-state index is 12.7. The first-order valence-corrected chi connectivity index (χ1v) is 9.63. The number of anilines is 1. The number of hydrogen-bond donors (Lipinski definition) is 1. The van der Waals surface area contributed by atoms with Crippen LogP contribution in [0.4, 0.5) is 5.69 Å². The van der Waals surface area contributed by atoms with Crippen LogP contribution in [-0.4, -0.2) is 42.9 Å². The quantitative estimate of drug-likeness (QED) is 0.887. The highest BCUT2D eigenvalue weighted by molar-refractivity contribution is 5.92. The van der Waals surface area contributed by atoms with E-state index in [1.165, 1.54) is 5.69 Å². The van der Waals surface area contributed by atoms with Crippen LogP contribution < -0.4 is 10.2 Å². The van der Waals surface area contributed by atoms with Gasteiger partial charge in [-0.05, 0) is 24.1 Å². The maximum Gasteiger partial charge on any atom is 0.226 e. The average Bonchev–Trinajstić information content (AvgIpc) is 3.54. The molecule has 1 aliphatic heterocycles. The molecule has 4 rings (SSSR count). The molecule has 0 bridgehead atoms. The molecule has 1 saturated heterocycles. The van der Waals surface area contributed by atoms with Gasteiger partial charge in [-0.15, -0.1) is 0 Å². The monoisotopic (exact) mass is 363 g/mol. The lowest BCUT2D eigenvalue weighted by atomic mass is 10.2. The third kappa shape index (κ3) is 4.13. The molecule has 1 saturated carbocycles. The predicted octanol–water partition coefficient (Wildman–Crippen LogP) is 2.29. The summed E-state index contributed by atoms with van der Waals surface area (Å²) >= 11 is 0. The highest BCUT2D eigenvalue weighted by atomic mass is 16.2. The Hall–Kier alpha value is -2.82.